The molecule has 0 radical (unpaired) electrons. The predicted molar refractivity (Wildman–Crippen MR) is 127 cm³/mol. The largest absolute Gasteiger partial charge is 0.494 e. The molecule has 2 aromatic carbocycles. The van der Waals surface area contributed by atoms with Crippen molar-refractivity contribution in [1.29, 1.82) is 0 Å². The van der Waals surface area contributed by atoms with Crippen LogP contribution in [0.1, 0.15) is 12.5 Å². The molecule has 1 aliphatic rings. The first-order valence-corrected chi connectivity index (χ1v) is 10.6. The van der Waals surface area contributed by atoms with Crippen molar-refractivity contribution in [2.75, 3.05) is 31.6 Å². The molecule has 4 rings (SSSR count). The number of aliphatic imine (C=N–C) groups is 1. The molecule has 1 aromatic heterocycles. The van der Waals surface area contributed by atoms with Crippen molar-refractivity contribution < 1.29 is 5.11 Å². The molecule has 0 saturated carbocycles. The van der Waals surface area contributed by atoms with Gasteiger partial charge in [0, 0.05) is 51.9 Å². The van der Waals surface area contributed by atoms with Gasteiger partial charge in [0.1, 0.15) is 0 Å². The maximum atomic E-state index is 12.1. The van der Waals surface area contributed by atoms with Gasteiger partial charge < -0.3 is 14.9 Å². The molecule has 1 aliphatic heterocycles. The Morgan fingerprint density at radius 1 is 1.17 bits per heavy atom. The molecular formula is C22H23IN4O2. The number of hydrogen-bond donors (Lipinski definition) is 2. The third-order valence-electron chi connectivity index (χ3n) is 5.52. The van der Waals surface area contributed by atoms with Crippen molar-refractivity contribution in [2.24, 2.45) is 4.99 Å². The van der Waals surface area contributed by atoms with E-state index in [1.807, 2.05) is 24.3 Å². The predicted octanol–water partition coefficient (Wildman–Crippen LogP) is 3.73. The summed E-state index contributed by atoms with van der Waals surface area (Å²) in [5.74, 6) is -0.170. The van der Waals surface area contributed by atoms with Crippen molar-refractivity contribution in [3.8, 4) is 5.88 Å². The van der Waals surface area contributed by atoms with Crippen LogP contribution < -0.4 is 10.5 Å². The van der Waals surface area contributed by atoms with E-state index in [1.165, 1.54) is 5.69 Å². The third kappa shape index (κ3) is 4.16. The smallest absolute Gasteiger partial charge is 0.258 e. The minimum absolute atomic E-state index is 0.170. The maximum Gasteiger partial charge on any atom is 0.258 e. The first-order chi connectivity index (χ1) is 13.9. The van der Waals surface area contributed by atoms with Crippen LogP contribution in [-0.4, -0.2) is 53.9 Å². The summed E-state index contributed by atoms with van der Waals surface area (Å²) >= 11 is 2.19. The zero-order chi connectivity index (χ0) is 20.5. The molecule has 0 bridgehead atoms. The van der Waals surface area contributed by atoms with E-state index >= 15 is 0 Å². The third-order valence-corrected chi connectivity index (χ3v) is 6.19. The van der Waals surface area contributed by atoms with Crippen LogP contribution in [0.25, 0.3) is 10.8 Å². The molecular weight excluding hydrogens is 479 g/mol. The molecule has 1 saturated heterocycles. The summed E-state index contributed by atoms with van der Waals surface area (Å²) in [5, 5.41) is 11.5. The summed E-state index contributed by atoms with van der Waals surface area (Å²) in [6, 6.07) is 14.2. The van der Waals surface area contributed by atoms with Crippen LogP contribution in [0.15, 0.2) is 52.3 Å². The highest BCUT2D eigenvalue weighted by Gasteiger charge is 2.20. The zero-order valence-corrected chi connectivity index (χ0v) is 18.6. The minimum atomic E-state index is -0.309. The van der Waals surface area contributed by atoms with Crippen LogP contribution in [0.3, 0.4) is 0 Å². The van der Waals surface area contributed by atoms with Gasteiger partial charge in [-0.3, -0.25) is 14.8 Å². The Bertz CT molecular complexity index is 1120. The number of aromatic amines is 1. The number of aromatic hydroxyl groups is 1. The van der Waals surface area contributed by atoms with Crippen LogP contribution in [-0.2, 0) is 0 Å². The molecule has 0 spiro atoms. The molecule has 29 heavy (non-hydrogen) atoms. The highest BCUT2D eigenvalue weighted by atomic mass is 127. The molecule has 150 valence electrons. The fourth-order valence-corrected chi connectivity index (χ4v) is 4.10. The van der Waals surface area contributed by atoms with Crippen LogP contribution in [0.4, 0.5) is 11.4 Å². The SMILES string of the molecule is CC1CN(c2ccc(N=Cc3c(O)[nH]c(=O)c4ccc(I)cc34)cc2)CCN1C. The van der Waals surface area contributed by atoms with Crippen molar-refractivity contribution in [3.05, 3.63) is 62.0 Å². The molecule has 0 aliphatic carbocycles. The second-order valence-electron chi connectivity index (χ2n) is 7.46. The van der Waals surface area contributed by atoms with Gasteiger partial charge in [0.05, 0.1) is 11.3 Å². The van der Waals surface area contributed by atoms with Gasteiger partial charge in [-0.15, -0.1) is 0 Å². The average molecular weight is 502 g/mol. The van der Waals surface area contributed by atoms with E-state index in [-0.39, 0.29) is 11.4 Å². The topological polar surface area (TPSA) is 71.9 Å². The zero-order valence-electron chi connectivity index (χ0n) is 16.4. The Kier molecular flexibility index (Phi) is 5.60. The van der Waals surface area contributed by atoms with Crippen LogP contribution in [0.5, 0.6) is 5.88 Å². The number of rotatable bonds is 3. The van der Waals surface area contributed by atoms with Gasteiger partial charge in [-0.25, -0.2) is 0 Å². The van der Waals surface area contributed by atoms with E-state index in [0.717, 1.165) is 28.9 Å². The van der Waals surface area contributed by atoms with Gasteiger partial charge in [-0.2, -0.15) is 0 Å². The van der Waals surface area contributed by atoms with Gasteiger partial charge in [0.25, 0.3) is 5.56 Å². The van der Waals surface area contributed by atoms with E-state index in [0.29, 0.717) is 22.4 Å². The maximum absolute atomic E-state index is 12.1. The molecule has 6 nitrogen and oxygen atoms in total. The molecule has 1 fully saturated rings. The lowest BCUT2D eigenvalue weighted by molar-refractivity contribution is 0.234. The number of aromatic nitrogens is 1. The monoisotopic (exact) mass is 502 g/mol. The van der Waals surface area contributed by atoms with Crippen molar-refractivity contribution in [3.63, 3.8) is 0 Å². The number of benzene rings is 2. The van der Waals surface area contributed by atoms with E-state index in [4.69, 9.17) is 0 Å². The fraction of sp³-hybridized carbons (Fsp3) is 0.273. The molecule has 1 unspecified atom stereocenters. The van der Waals surface area contributed by atoms with Crippen molar-refractivity contribution >= 4 is 51.0 Å². The Morgan fingerprint density at radius 2 is 1.93 bits per heavy atom. The summed E-state index contributed by atoms with van der Waals surface area (Å²) in [4.78, 5) is 23.9. The quantitative estimate of drug-likeness (QED) is 0.423. The summed E-state index contributed by atoms with van der Waals surface area (Å²) in [6.45, 7) is 5.32. The summed E-state index contributed by atoms with van der Waals surface area (Å²) in [5.41, 5.74) is 2.18. The summed E-state index contributed by atoms with van der Waals surface area (Å²) in [7, 11) is 2.16. The molecule has 1 atom stereocenters. The Morgan fingerprint density at radius 3 is 2.66 bits per heavy atom. The highest BCUT2D eigenvalue weighted by molar-refractivity contribution is 14.1. The van der Waals surface area contributed by atoms with Crippen LogP contribution in [0.2, 0.25) is 0 Å². The van der Waals surface area contributed by atoms with Crippen molar-refractivity contribution in [1.82, 2.24) is 9.88 Å². The number of pyridine rings is 1. The first-order valence-electron chi connectivity index (χ1n) is 9.56. The number of hydrogen-bond acceptors (Lipinski definition) is 5. The lowest BCUT2D eigenvalue weighted by Gasteiger charge is -2.39. The number of nitrogens with zero attached hydrogens (tertiary/aromatic N) is 3. The van der Waals surface area contributed by atoms with Gasteiger partial charge in [0.15, 0.2) is 0 Å². The number of nitrogens with one attached hydrogen (secondary N) is 1. The van der Waals surface area contributed by atoms with Gasteiger partial charge in [-0.05, 0) is 79.0 Å². The molecule has 2 N–H and O–H groups in total. The molecule has 0 amide bonds. The Balaban J connectivity index is 1.60. The lowest BCUT2D eigenvalue weighted by Crippen LogP contribution is -2.50. The van der Waals surface area contributed by atoms with Crippen molar-refractivity contribution in [2.45, 2.75) is 13.0 Å². The van der Waals surface area contributed by atoms with E-state index in [9.17, 15) is 9.90 Å². The van der Waals surface area contributed by atoms with Gasteiger partial charge in [-0.1, -0.05) is 0 Å². The van der Waals surface area contributed by atoms with E-state index in [2.05, 4.69) is 68.5 Å². The second kappa shape index (κ2) is 8.16. The Hall–Kier alpha value is -2.39. The number of halogens is 1. The van der Waals surface area contributed by atoms with Gasteiger partial charge in [0.2, 0.25) is 5.88 Å². The lowest BCUT2D eigenvalue weighted by atomic mass is 10.1. The minimum Gasteiger partial charge on any atom is -0.494 e. The molecule has 2 heterocycles. The average Bonchev–Trinajstić information content (AvgIpc) is 2.70. The number of anilines is 1. The van der Waals surface area contributed by atoms with E-state index < -0.39 is 0 Å². The Labute approximate surface area is 183 Å². The normalized spacial score (nSPS) is 18.0. The first kappa shape index (κ1) is 19.9. The standard InChI is InChI=1S/C22H23IN4O2/c1-14-13-27(10-9-26(14)2)17-6-4-16(5-7-17)24-12-20-19-11-15(23)3-8-18(19)21(28)25-22(20)29/h3-8,11-12,14H,9-10,13H2,1-2H3,(H2,25,28,29). The molecule has 7 heteroatoms. The van der Waals surface area contributed by atoms with Crippen LogP contribution in [0, 0.1) is 3.57 Å². The summed E-state index contributed by atoms with van der Waals surface area (Å²) in [6.07, 6.45) is 1.61. The number of fused-ring (bicyclic) bond motifs is 1. The van der Waals surface area contributed by atoms with Gasteiger partial charge >= 0.3 is 0 Å². The fourth-order valence-electron chi connectivity index (χ4n) is 3.61. The van der Waals surface area contributed by atoms with Crippen LogP contribution >= 0.6 is 22.6 Å². The number of likely N-dealkylation sites (N-methyl/N-ethyl adjacent to an activating group) is 1. The summed E-state index contributed by atoms with van der Waals surface area (Å²) < 4.78 is 0.987. The van der Waals surface area contributed by atoms with E-state index in [1.54, 1.807) is 12.3 Å². The number of piperazine rings is 1. The second-order valence-corrected chi connectivity index (χ2v) is 8.70. The highest BCUT2D eigenvalue weighted by Crippen LogP contribution is 2.25. The molecule has 3 aromatic rings. The number of H-pyrrole nitrogens is 1.